The van der Waals surface area contributed by atoms with E-state index >= 15 is 0 Å². The van der Waals surface area contributed by atoms with Gasteiger partial charge in [-0.1, -0.05) is 28.1 Å². The van der Waals surface area contributed by atoms with Crippen molar-refractivity contribution in [1.29, 1.82) is 0 Å². The zero-order valence-corrected chi connectivity index (χ0v) is 15.8. The average molecular weight is 388 g/mol. The SMILES string of the molecule is Brc1ccc2c(c1)C(=CCCN1CCCC1)c1sccc1CC2. The van der Waals surface area contributed by atoms with Gasteiger partial charge >= 0.3 is 0 Å². The highest BCUT2D eigenvalue weighted by Crippen LogP contribution is 2.38. The minimum Gasteiger partial charge on any atom is -0.303 e. The molecule has 0 radical (unpaired) electrons. The molecular formula is C20H22BrNS. The molecule has 4 rings (SSSR count). The number of benzene rings is 1. The van der Waals surface area contributed by atoms with Gasteiger partial charge in [0.15, 0.2) is 0 Å². The van der Waals surface area contributed by atoms with Crippen LogP contribution in [0, 0.1) is 0 Å². The summed E-state index contributed by atoms with van der Waals surface area (Å²) in [6.07, 6.45) is 8.71. The molecule has 0 atom stereocenters. The maximum Gasteiger partial charge on any atom is 0.0377 e. The Morgan fingerprint density at radius 1 is 1.09 bits per heavy atom. The van der Waals surface area contributed by atoms with Crippen molar-refractivity contribution >= 4 is 32.8 Å². The standard InChI is InChI=1S/C20H22BrNS/c21-17-8-7-15-5-6-16-9-13-23-20(16)18(19(15)14-17)4-3-12-22-10-1-2-11-22/h4,7-9,13-14H,1-3,5-6,10-12H2. The molecule has 0 spiro atoms. The van der Waals surface area contributed by atoms with Crippen LogP contribution in [0.4, 0.5) is 0 Å². The summed E-state index contributed by atoms with van der Waals surface area (Å²) in [5, 5.41) is 2.25. The first-order valence-electron chi connectivity index (χ1n) is 8.59. The second-order valence-electron chi connectivity index (χ2n) is 6.53. The fourth-order valence-corrected chi connectivity index (χ4v) is 5.15. The molecule has 0 bridgehead atoms. The molecule has 23 heavy (non-hydrogen) atoms. The molecule has 1 saturated heterocycles. The summed E-state index contributed by atoms with van der Waals surface area (Å²) >= 11 is 5.57. The molecule has 2 aromatic rings. The molecule has 1 aliphatic heterocycles. The van der Waals surface area contributed by atoms with Crippen molar-refractivity contribution in [2.75, 3.05) is 19.6 Å². The van der Waals surface area contributed by atoms with Crippen LogP contribution in [0.25, 0.3) is 5.57 Å². The number of hydrogen-bond acceptors (Lipinski definition) is 2. The van der Waals surface area contributed by atoms with Crippen LogP contribution < -0.4 is 0 Å². The summed E-state index contributed by atoms with van der Waals surface area (Å²) in [5.74, 6) is 0. The summed E-state index contributed by atoms with van der Waals surface area (Å²) in [4.78, 5) is 4.09. The molecule has 1 aromatic heterocycles. The number of likely N-dealkylation sites (tertiary alicyclic amines) is 1. The molecule has 0 N–H and O–H groups in total. The summed E-state index contributed by atoms with van der Waals surface area (Å²) in [7, 11) is 0. The van der Waals surface area contributed by atoms with Gasteiger partial charge in [0.25, 0.3) is 0 Å². The highest BCUT2D eigenvalue weighted by atomic mass is 79.9. The van der Waals surface area contributed by atoms with E-state index in [1.165, 1.54) is 64.1 Å². The predicted octanol–water partition coefficient (Wildman–Crippen LogP) is 5.53. The van der Waals surface area contributed by atoms with Crippen LogP contribution in [0.15, 0.2) is 40.2 Å². The van der Waals surface area contributed by atoms with Gasteiger partial charge < -0.3 is 4.90 Å². The van der Waals surface area contributed by atoms with Gasteiger partial charge in [-0.3, -0.25) is 0 Å². The molecule has 3 heteroatoms. The van der Waals surface area contributed by atoms with Crippen molar-refractivity contribution in [3.05, 3.63) is 61.8 Å². The van der Waals surface area contributed by atoms with Crippen LogP contribution in [0.2, 0.25) is 0 Å². The number of hydrogen-bond donors (Lipinski definition) is 0. The fourth-order valence-electron chi connectivity index (χ4n) is 3.78. The monoisotopic (exact) mass is 387 g/mol. The third kappa shape index (κ3) is 3.33. The van der Waals surface area contributed by atoms with Crippen molar-refractivity contribution in [1.82, 2.24) is 4.90 Å². The van der Waals surface area contributed by atoms with Gasteiger partial charge in [-0.15, -0.1) is 11.3 Å². The number of fused-ring (bicyclic) bond motifs is 2. The third-order valence-corrected chi connectivity index (χ3v) is 6.49. The Morgan fingerprint density at radius 3 is 2.78 bits per heavy atom. The minimum absolute atomic E-state index is 1.15. The van der Waals surface area contributed by atoms with Gasteiger partial charge in [-0.25, -0.2) is 0 Å². The predicted molar refractivity (Wildman–Crippen MR) is 103 cm³/mol. The molecule has 0 saturated carbocycles. The molecule has 120 valence electrons. The van der Waals surface area contributed by atoms with Crippen molar-refractivity contribution in [3.63, 3.8) is 0 Å². The molecule has 1 fully saturated rings. The number of nitrogens with zero attached hydrogens (tertiary/aromatic N) is 1. The maximum atomic E-state index is 3.66. The Labute approximate surface area is 151 Å². The second-order valence-corrected chi connectivity index (χ2v) is 8.36. The number of thiophene rings is 1. The summed E-state index contributed by atoms with van der Waals surface area (Å²) in [6.45, 7) is 3.78. The van der Waals surface area contributed by atoms with Crippen LogP contribution in [0.3, 0.4) is 0 Å². The first-order valence-corrected chi connectivity index (χ1v) is 10.3. The van der Waals surface area contributed by atoms with E-state index in [0.717, 1.165) is 19.3 Å². The lowest BCUT2D eigenvalue weighted by Gasteiger charge is -2.14. The van der Waals surface area contributed by atoms with Gasteiger partial charge in [0.2, 0.25) is 0 Å². The Bertz CT molecular complexity index is 725. The fraction of sp³-hybridized carbons (Fsp3) is 0.400. The summed E-state index contributed by atoms with van der Waals surface area (Å²) < 4.78 is 1.18. The highest BCUT2D eigenvalue weighted by molar-refractivity contribution is 9.10. The van der Waals surface area contributed by atoms with Crippen LogP contribution >= 0.6 is 27.3 Å². The maximum absolute atomic E-state index is 3.66. The lowest BCUT2D eigenvalue weighted by atomic mass is 9.98. The highest BCUT2D eigenvalue weighted by Gasteiger charge is 2.19. The zero-order valence-electron chi connectivity index (χ0n) is 13.4. The van der Waals surface area contributed by atoms with Crippen LogP contribution in [0.1, 0.15) is 40.8 Å². The van der Waals surface area contributed by atoms with Gasteiger partial charge in [0.1, 0.15) is 0 Å². The molecule has 2 heterocycles. The molecule has 0 amide bonds. The lowest BCUT2D eigenvalue weighted by Crippen LogP contribution is -2.19. The first kappa shape index (κ1) is 15.6. The van der Waals surface area contributed by atoms with Gasteiger partial charge in [-0.2, -0.15) is 0 Å². The molecular weight excluding hydrogens is 366 g/mol. The van der Waals surface area contributed by atoms with E-state index < -0.39 is 0 Å². The van der Waals surface area contributed by atoms with Gasteiger partial charge in [0.05, 0.1) is 0 Å². The van der Waals surface area contributed by atoms with E-state index in [4.69, 9.17) is 0 Å². The number of halogens is 1. The van der Waals surface area contributed by atoms with Crippen LogP contribution in [-0.2, 0) is 12.8 Å². The molecule has 1 aromatic carbocycles. The Morgan fingerprint density at radius 2 is 1.91 bits per heavy atom. The quantitative estimate of drug-likeness (QED) is 0.669. The Kier molecular flexibility index (Phi) is 4.70. The van der Waals surface area contributed by atoms with Gasteiger partial charge in [-0.05, 0) is 91.0 Å². The van der Waals surface area contributed by atoms with E-state index in [1.54, 1.807) is 0 Å². The summed E-state index contributed by atoms with van der Waals surface area (Å²) in [6, 6.07) is 9.10. The van der Waals surface area contributed by atoms with E-state index in [1.807, 2.05) is 11.3 Å². The lowest BCUT2D eigenvalue weighted by molar-refractivity contribution is 0.346. The molecule has 1 aliphatic carbocycles. The molecule has 2 aliphatic rings. The first-order chi connectivity index (χ1) is 11.3. The topological polar surface area (TPSA) is 3.24 Å². The Hall–Kier alpha value is -0.900. The van der Waals surface area contributed by atoms with Gasteiger partial charge in [0, 0.05) is 15.9 Å². The number of rotatable bonds is 3. The normalized spacial score (nSPS) is 19.6. The smallest absolute Gasteiger partial charge is 0.0377 e. The van der Waals surface area contributed by atoms with Crippen molar-refractivity contribution < 1.29 is 0 Å². The largest absolute Gasteiger partial charge is 0.303 e. The van der Waals surface area contributed by atoms with Crippen molar-refractivity contribution in [2.24, 2.45) is 0 Å². The van der Waals surface area contributed by atoms with E-state index in [9.17, 15) is 0 Å². The third-order valence-electron chi connectivity index (χ3n) is 5.01. The Balaban J connectivity index is 1.67. The summed E-state index contributed by atoms with van der Waals surface area (Å²) in [5.41, 5.74) is 5.91. The van der Waals surface area contributed by atoms with E-state index in [0.29, 0.717) is 0 Å². The van der Waals surface area contributed by atoms with Crippen LogP contribution in [0.5, 0.6) is 0 Å². The number of aryl methyl sites for hydroxylation is 2. The minimum atomic E-state index is 1.15. The van der Waals surface area contributed by atoms with Crippen molar-refractivity contribution in [2.45, 2.75) is 32.1 Å². The van der Waals surface area contributed by atoms with Crippen LogP contribution in [-0.4, -0.2) is 24.5 Å². The molecule has 1 nitrogen and oxygen atoms in total. The second kappa shape index (κ2) is 6.92. The van der Waals surface area contributed by atoms with E-state index in [-0.39, 0.29) is 0 Å². The average Bonchev–Trinajstić information content (AvgIpc) is 3.20. The zero-order chi connectivity index (χ0) is 15.6. The van der Waals surface area contributed by atoms with E-state index in [2.05, 4.69) is 56.6 Å². The van der Waals surface area contributed by atoms with Crippen molar-refractivity contribution in [3.8, 4) is 0 Å². The molecule has 0 unspecified atom stereocenters.